The number of hydrogen-bond acceptors (Lipinski definition) is 2. The molecule has 0 saturated carbocycles. The molecule has 0 spiro atoms. The van der Waals surface area contributed by atoms with Gasteiger partial charge in [0.25, 0.3) is 0 Å². The molecule has 1 atom stereocenters. The summed E-state index contributed by atoms with van der Waals surface area (Å²) in [6.45, 7) is 6.31. The smallest absolute Gasteiger partial charge is 0.0708 e. The lowest BCUT2D eigenvalue weighted by Gasteiger charge is -2.01. The topological polar surface area (TPSA) is 38.0 Å². The zero-order valence-electron chi connectivity index (χ0n) is 7.36. The van der Waals surface area contributed by atoms with Crippen molar-refractivity contribution in [3.05, 3.63) is 18.5 Å². The first kappa shape index (κ1) is 10.2. The minimum atomic E-state index is -0.315. The third-order valence-electron chi connectivity index (χ3n) is 1.01. The van der Waals surface area contributed by atoms with Gasteiger partial charge in [-0.1, -0.05) is 13.8 Å². The summed E-state index contributed by atoms with van der Waals surface area (Å²) in [6.07, 6.45) is 3.21. The largest absolute Gasteiger partial charge is 0.391 e. The highest BCUT2D eigenvalue weighted by atomic mass is 16.3. The molecule has 0 bridgehead atoms. The predicted molar refractivity (Wildman–Crippen MR) is 45.3 cm³/mol. The van der Waals surface area contributed by atoms with Crippen molar-refractivity contribution in [2.45, 2.75) is 33.4 Å². The Labute approximate surface area is 67.7 Å². The molecule has 11 heavy (non-hydrogen) atoms. The first-order valence-corrected chi connectivity index (χ1v) is 3.94. The Bertz CT molecular complexity index is 159. The lowest BCUT2D eigenvalue weighted by Crippen LogP contribution is -2.11. The van der Waals surface area contributed by atoms with Gasteiger partial charge in [0.15, 0.2) is 0 Å². The molecule has 1 rings (SSSR count). The van der Waals surface area contributed by atoms with Gasteiger partial charge in [-0.15, -0.1) is 0 Å². The van der Waals surface area contributed by atoms with E-state index in [1.165, 1.54) is 0 Å². The number of aliphatic hydroxyl groups excluding tert-OH is 1. The van der Waals surface area contributed by atoms with Crippen LogP contribution in [0.25, 0.3) is 0 Å². The average Bonchev–Trinajstić information content (AvgIpc) is 2.43. The van der Waals surface area contributed by atoms with Crippen molar-refractivity contribution in [1.82, 2.24) is 9.78 Å². The molecule has 0 saturated heterocycles. The van der Waals surface area contributed by atoms with Crippen molar-refractivity contribution in [2.75, 3.05) is 0 Å². The van der Waals surface area contributed by atoms with Gasteiger partial charge < -0.3 is 5.11 Å². The van der Waals surface area contributed by atoms with Gasteiger partial charge in [-0.25, -0.2) is 0 Å². The van der Waals surface area contributed by atoms with Crippen LogP contribution in [0.1, 0.15) is 20.8 Å². The van der Waals surface area contributed by atoms with Gasteiger partial charge in [0.05, 0.1) is 12.6 Å². The molecule has 1 unspecified atom stereocenters. The Morgan fingerprint density at radius 3 is 2.55 bits per heavy atom. The summed E-state index contributed by atoms with van der Waals surface area (Å²) in [4.78, 5) is 0. The number of aliphatic hydroxyl groups is 1. The molecule has 3 heteroatoms. The lowest BCUT2D eigenvalue weighted by molar-refractivity contribution is 0.168. The molecule has 0 aliphatic rings. The van der Waals surface area contributed by atoms with Gasteiger partial charge in [0.1, 0.15) is 0 Å². The van der Waals surface area contributed by atoms with E-state index in [0.717, 1.165) is 0 Å². The average molecular weight is 156 g/mol. The van der Waals surface area contributed by atoms with Crippen molar-refractivity contribution in [2.24, 2.45) is 0 Å². The monoisotopic (exact) mass is 156 g/mol. The van der Waals surface area contributed by atoms with E-state index in [1.54, 1.807) is 17.8 Å². The molecule has 1 aromatic rings. The van der Waals surface area contributed by atoms with Crippen molar-refractivity contribution >= 4 is 0 Å². The van der Waals surface area contributed by atoms with Gasteiger partial charge in [-0.05, 0) is 13.0 Å². The van der Waals surface area contributed by atoms with Crippen molar-refractivity contribution in [3.63, 3.8) is 0 Å². The third kappa shape index (κ3) is 4.56. The first-order chi connectivity index (χ1) is 5.29. The molecule has 1 N–H and O–H groups in total. The Kier molecular flexibility index (Phi) is 5.47. The Morgan fingerprint density at radius 1 is 1.55 bits per heavy atom. The van der Waals surface area contributed by atoms with Crippen LogP contribution in [0.2, 0.25) is 0 Å². The normalized spacial score (nSPS) is 11.6. The van der Waals surface area contributed by atoms with Gasteiger partial charge in [-0.3, -0.25) is 4.68 Å². The van der Waals surface area contributed by atoms with Crippen LogP contribution in [0.15, 0.2) is 18.5 Å². The minimum Gasteiger partial charge on any atom is -0.391 e. The maximum absolute atomic E-state index is 8.86. The maximum Gasteiger partial charge on any atom is 0.0708 e. The fourth-order valence-corrected chi connectivity index (χ4v) is 0.679. The summed E-state index contributed by atoms with van der Waals surface area (Å²) in [5.41, 5.74) is 0. The molecule has 1 heterocycles. The summed E-state index contributed by atoms with van der Waals surface area (Å²) in [6, 6.07) is 1.84. The molecular formula is C8H16N2O. The Morgan fingerprint density at radius 2 is 2.18 bits per heavy atom. The summed E-state index contributed by atoms with van der Waals surface area (Å²) >= 11 is 0. The van der Waals surface area contributed by atoms with Crippen LogP contribution in [0, 0.1) is 0 Å². The molecule has 0 aromatic carbocycles. The van der Waals surface area contributed by atoms with Crippen LogP contribution in [-0.2, 0) is 6.54 Å². The predicted octanol–water partition coefficient (Wildman–Crippen LogP) is 1.29. The quantitative estimate of drug-likeness (QED) is 0.700. The molecular weight excluding hydrogens is 140 g/mol. The number of hydrogen-bond donors (Lipinski definition) is 1. The van der Waals surface area contributed by atoms with Gasteiger partial charge >= 0.3 is 0 Å². The van der Waals surface area contributed by atoms with E-state index in [-0.39, 0.29) is 6.10 Å². The second-order valence-corrected chi connectivity index (χ2v) is 2.08. The zero-order valence-corrected chi connectivity index (χ0v) is 7.36. The van der Waals surface area contributed by atoms with Crippen LogP contribution in [-0.4, -0.2) is 21.0 Å². The number of rotatable bonds is 2. The van der Waals surface area contributed by atoms with E-state index in [0.29, 0.717) is 6.54 Å². The molecule has 0 radical (unpaired) electrons. The van der Waals surface area contributed by atoms with E-state index < -0.39 is 0 Å². The second-order valence-electron chi connectivity index (χ2n) is 2.08. The van der Waals surface area contributed by atoms with Crippen LogP contribution in [0.3, 0.4) is 0 Å². The fraction of sp³-hybridized carbons (Fsp3) is 0.625. The minimum absolute atomic E-state index is 0.315. The second kappa shape index (κ2) is 5.92. The van der Waals surface area contributed by atoms with E-state index in [1.807, 2.05) is 26.1 Å². The van der Waals surface area contributed by atoms with Crippen LogP contribution >= 0.6 is 0 Å². The van der Waals surface area contributed by atoms with E-state index >= 15 is 0 Å². The molecule has 0 fully saturated rings. The molecule has 0 amide bonds. The number of nitrogens with zero attached hydrogens (tertiary/aromatic N) is 2. The third-order valence-corrected chi connectivity index (χ3v) is 1.01. The molecule has 0 aliphatic carbocycles. The Balaban J connectivity index is 0.000000461. The summed E-state index contributed by atoms with van der Waals surface area (Å²) < 4.78 is 1.70. The summed E-state index contributed by atoms with van der Waals surface area (Å²) in [7, 11) is 0. The lowest BCUT2D eigenvalue weighted by atomic mass is 10.4. The van der Waals surface area contributed by atoms with Gasteiger partial charge in [0, 0.05) is 12.4 Å². The van der Waals surface area contributed by atoms with Crippen LogP contribution in [0.5, 0.6) is 0 Å². The number of aromatic nitrogens is 2. The SMILES string of the molecule is CC.CC(O)Cn1cccn1. The van der Waals surface area contributed by atoms with Crippen molar-refractivity contribution in [1.29, 1.82) is 0 Å². The molecule has 3 nitrogen and oxygen atoms in total. The van der Waals surface area contributed by atoms with E-state index in [4.69, 9.17) is 5.11 Å². The zero-order chi connectivity index (χ0) is 8.69. The summed E-state index contributed by atoms with van der Waals surface area (Å²) in [5, 5.41) is 12.8. The highest BCUT2D eigenvalue weighted by Gasteiger charge is 1.94. The van der Waals surface area contributed by atoms with Gasteiger partial charge in [0.2, 0.25) is 0 Å². The van der Waals surface area contributed by atoms with Crippen LogP contribution < -0.4 is 0 Å². The van der Waals surface area contributed by atoms with Crippen molar-refractivity contribution in [3.8, 4) is 0 Å². The highest BCUT2D eigenvalue weighted by Crippen LogP contribution is 1.87. The molecule has 64 valence electrons. The van der Waals surface area contributed by atoms with E-state index in [9.17, 15) is 0 Å². The van der Waals surface area contributed by atoms with Gasteiger partial charge in [-0.2, -0.15) is 5.10 Å². The summed E-state index contributed by atoms with van der Waals surface area (Å²) in [5.74, 6) is 0. The van der Waals surface area contributed by atoms with Crippen molar-refractivity contribution < 1.29 is 5.11 Å². The Hall–Kier alpha value is -0.830. The first-order valence-electron chi connectivity index (χ1n) is 3.94. The highest BCUT2D eigenvalue weighted by molar-refractivity contribution is 4.77. The fourth-order valence-electron chi connectivity index (χ4n) is 0.679. The maximum atomic E-state index is 8.86. The van der Waals surface area contributed by atoms with E-state index in [2.05, 4.69) is 5.10 Å². The standard InChI is InChI=1S/C6H10N2O.C2H6/c1-6(9)5-8-4-2-3-7-8;1-2/h2-4,6,9H,5H2,1H3;1-2H3. The van der Waals surface area contributed by atoms with Crippen LogP contribution in [0.4, 0.5) is 0 Å². The molecule has 0 aliphatic heterocycles. The molecule has 1 aromatic heterocycles.